The summed E-state index contributed by atoms with van der Waals surface area (Å²) in [6.45, 7) is 5.05. The van der Waals surface area contributed by atoms with E-state index in [1.54, 1.807) is 30.0 Å². The van der Waals surface area contributed by atoms with Crippen LogP contribution in [0.15, 0.2) is 48.5 Å². The van der Waals surface area contributed by atoms with Crippen molar-refractivity contribution in [1.29, 1.82) is 0 Å². The minimum atomic E-state index is -1.03. The molecule has 0 fully saturated rings. The molecule has 7 nitrogen and oxygen atoms in total. The number of hydrogen-bond acceptors (Lipinski definition) is 6. The number of amides is 1. The summed E-state index contributed by atoms with van der Waals surface area (Å²) in [7, 11) is 0. The zero-order valence-electron chi connectivity index (χ0n) is 20.5. The van der Waals surface area contributed by atoms with Gasteiger partial charge in [-0.05, 0) is 54.5 Å². The van der Waals surface area contributed by atoms with E-state index in [9.17, 15) is 19.8 Å². The Labute approximate surface area is 217 Å². The number of nitrogens with one attached hydrogen (secondary N) is 3. The van der Waals surface area contributed by atoms with Crippen LogP contribution in [-0.2, 0) is 22.6 Å². The lowest BCUT2D eigenvalue weighted by Crippen LogP contribution is -2.54. The van der Waals surface area contributed by atoms with Gasteiger partial charge in [0.2, 0.25) is 5.91 Å². The second-order valence-electron chi connectivity index (χ2n) is 8.84. The maximum atomic E-state index is 13.2. The average Bonchev–Trinajstić information content (AvgIpc) is 2.82. The van der Waals surface area contributed by atoms with Crippen LogP contribution in [0.3, 0.4) is 0 Å². The number of hydrogen-bond donors (Lipinski definition) is 5. The van der Waals surface area contributed by atoms with Gasteiger partial charge in [0.1, 0.15) is 11.8 Å². The van der Waals surface area contributed by atoms with Gasteiger partial charge in [-0.2, -0.15) is 11.8 Å². The molecule has 2 aromatic rings. The Hall–Kier alpha value is -2.26. The number of benzene rings is 2. The molecule has 0 saturated heterocycles. The van der Waals surface area contributed by atoms with Crippen molar-refractivity contribution in [3.8, 4) is 5.75 Å². The number of carbonyl (C=O) groups excluding carboxylic acids is 1. The van der Waals surface area contributed by atoms with Crippen LogP contribution in [0, 0.1) is 5.92 Å². The highest BCUT2D eigenvalue weighted by Gasteiger charge is 2.26. The lowest BCUT2D eigenvalue weighted by Gasteiger charge is -2.27. The Morgan fingerprint density at radius 1 is 1.06 bits per heavy atom. The molecule has 1 amide bonds. The molecular weight excluding hydrogens is 486 g/mol. The molecule has 0 radical (unpaired) electrons. The quantitative estimate of drug-likeness (QED) is 0.243. The number of aliphatic carboxylic acids is 1. The Kier molecular flexibility index (Phi) is 12.4. The predicted octanol–water partition coefficient (Wildman–Crippen LogP) is 3.68. The summed E-state index contributed by atoms with van der Waals surface area (Å²) in [5.74, 6) is -0.323. The molecule has 3 atom stereocenters. The van der Waals surface area contributed by atoms with Gasteiger partial charge in [-0.3, -0.25) is 4.79 Å². The average molecular weight is 522 g/mol. The van der Waals surface area contributed by atoms with Gasteiger partial charge in [0, 0.05) is 29.7 Å². The van der Waals surface area contributed by atoms with Crippen molar-refractivity contribution in [3.05, 3.63) is 64.7 Å². The van der Waals surface area contributed by atoms with E-state index in [4.69, 9.17) is 11.6 Å². The molecule has 2 aromatic carbocycles. The largest absolute Gasteiger partial charge is 0.508 e. The zero-order chi connectivity index (χ0) is 25.8. The van der Waals surface area contributed by atoms with Gasteiger partial charge in [0.25, 0.3) is 0 Å². The highest BCUT2D eigenvalue weighted by Crippen LogP contribution is 2.21. The third-order valence-electron chi connectivity index (χ3n) is 5.81. The standard InChI is InChI=1S/C26H36ClN3O4S/c1-17(2)23(28-15-19-14-20(27)9-10-24(19)31)16-29-22(13-18-7-5-4-6-8-18)25(32)30-21(26(33)34)11-12-35-3/h4-10,14,17,21-23,28-29,31H,11-13,15-16H2,1-3H3,(H,30,32)(H,33,34)/t21-,22-,23+/m0/s1. The molecule has 0 aliphatic rings. The van der Waals surface area contributed by atoms with Crippen LogP contribution in [0.1, 0.15) is 31.4 Å². The molecule has 0 bridgehead atoms. The maximum Gasteiger partial charge on any atom is 0.326 e. The second kappa shape index (κ2) is 15.0. The van der Waals surface area contributed by atoms with Crippen molar-refractivity contribution >= 4 is 35.2 Å². The summed E-state index contributed by atoms with van der Waals surface area (Å²) in [5, 5.41) is 29.7. The van der Waals surface area contributed by atoms with Crippen molar-refractivity contribution in [1.82, 2.24) is 16.0 Å². The molecule has 2 rings (SSSR count). The highest BCUT2D eigenvalue weighted by molar-refractivity contribution is 7.98. The van der Waals surface area contributed by atoms with Crippen molar-refractivity contribution in [2.75, 3.05) is 18.6 Å². The Balaban J connectivity index is 2.10. The van der Waals surface area contributed by atoms with Crippen LogP contribution in [0.5, 0.6) is 5.75 Å². The van der Waals surface area contributed by atoms with Crippen LogP contribution >= 0.6 is 23.4 Å². The van der Waals surface area contributed by atoms with Crippen LogP contribution in [-0.4, -0.2) is 58.8 Å². The third-order valence-corrected chi connectivity index (χ3v) is 6.69. The fraction of sp³-hybridized carbons (Fsp3) is 0.462. The summed E-state index contributed by atoms with van der Waals surface area (Å²) in [6, 6.07) is 13.0. The minimum Gasteiger partial charge on any atom is -0.508 e. The first-order valence-corrected chi connectivity index (χ1v) is 13.5. The lowest BCUT2D eigenvalue weighted by molar-refractivity contribution is -0.142. The van der Waals surface area contributed by atoms with Gasteiger partial charge in [0.05, 0.1) is 6.04 Å². The van der Waals surface area contributed by atoms with Gasteiger partial charge < -0.3 is 26.2 Å². The molecule has 0 unspecified atom stereocenters. The van der Waals surface area contributed by atoms with Crippen LogP contribution in [0.2, 0.25) is 5.02 Å². The number of carbonyl (C=O) groups is 2. The molecule has 0 saturated carbocycles. The Morgan fingerprint density at radius 3 is 2.40 bits per heavy atom. The molecule has 9 heteroatoms. The van der Waals surface area contributed by atoms with E-state index < -0.39 is 18.1 Å². The first-order chi connectivity index (χ1) is 16.7. The van der Waals surface area contributed by atoms with E-state index >= 15 is 0 Å². The number of rotatable bonds is 15. The molecule has 0 heterocycles. The topological polar surface area (TPSA) is 111 Å². The van der Waals surface area contributed by atoms with Crippen LogP contribution in [0.25, 0.3) is 0 Å². The van der Waals surface area contributed by atoms with Crippen molar-refractivity contribution in [2.24, 2.45) is 5.92 Å². The number of phenols is 1. The van der Waals surface area contributed by atoms with Crippen molar-refractivity contribution in [2.45, 2.75) is 51.4 Å². The normalized spacial score (nSPS) is 13.9. The Bertz CT molecular complexity index is 945. The number of halogens is 1. The highest BCUT2D eigenvalue weighted by atomic mass is 35.5. The lowest BCUT2D eigenvalue weighted by atomic mass is 10.0. The number of carboxylic acids is 1. The van der Waals surface area contributed by atoms with Crippen molar-refractivity contribution < 1.29 is 19.8 Å². The summed E-state index contributed by atoms with van der Waals surface area (Å²) in [5.41, 5.74) is 1.67. The van der Waals surface area contributed by atoms with E-state index in [-0.39, 0.29) is 23.6 Å². The van der Waals surface area contributed by atoms with E-state index in [1.165, 1.54) is 0 Å². The Morgan fingerprint density at radius 2 is 1.77 bits per heavy atom. The van der Waals surface area contributed by atoms with Gasteiger partial charge in [-0.1, -0.05) is 55.8 Å². The first-order valence-electron chi connectivity index (χ1n) is 11.7. The summed E-state index contributed by atoms with van der Waals surface area (Å²) in [6.07, 6.45) is 2.70. The fourth-order valence-electron chi connectivity index (χ4n) is 3.62. The number of carboxylic acid groups (broad SMARTS) is 1. The molecule has 0 aromatic heterocycles. The van der Waals surface area contributed by atoms with Crippen LogP contribution in [0.4, 0.5) is 0 Å². The van der Waals surface area contributed by atoms with E-state index in [0.717, 1.165) is 5.56 Å². The second-order valence-corrected chi connectivity index (χ2v) is 10.3. The van der Waals surface area contributed by atoms with Crippen LogP contribution < -0.4 is 16.0 Å². The van der Waals surface area contributed by atoms with E-state index in [0.29, 0.717) is 42.3 Å². The number of thioether (sulfide) groups is 1. The summed E-state index contributed by atoms with van der Waals surface area (Å²) >= 11 is 7.61. The monoisotopic (exact) mass is 521 g/mol. The zero-order valence-corrected chi connectivity index (χ0v) is 22.0. The molecule has 192 valence electrons. The first kappa shape index (κ1) is 29.0. The van der Waals surface area contributed by atoms with Gasteiger partial charge >= 0.3 is 5.97 Å². The molecule has 0 spiro atoms. The van der Waals surface area contributed by atoms with Crippen molar-refractivity contribution in [3.63, 3.8) is 0 Å². The predicted molar refractivity (Wildman–Crippen MR) is 143 cm³/mol. The molecule has 5 N–H and O–H groups in total. The van der Waals surface area contributed by atoms with Gasteiger partial charge in [0.15, 0.2) is 0 Å². The third kappa shape index (κ3) is 10.1. The van der Waals surface area contributed by atoms with E-state index in [2.05, 4.69) is 29.8 Å². The molecule has 0 aliphatic carbocycles. The number of aromatic hydroxyl groups is 1. The van der Waals surface area contributed by atoms with E-state index in [1.807, 2.05) is 36.6 Å². The molecular formula is C26H36ClN3O4S. The molecule has 35 heavy (non-hydrogen) atoms. The SMILES string of the molecule is CSCC[C@H](NC(=O)[C@H](Cc1ccccc1)NC[C@@H](NCc1cc(Cl)ccc1O)C(C)C)C(=O)O. The minimum absolute atomic E-state index is 0.00813. The van der Waals surface area contributed by atoms with Gasteiger partial charge in [-0.15, -0.1) is 0 Å². The summed E-state index contributed by atoms with van der Waals surface area (Å²) in [4.78, 5) is 24.8. The fourth-order valence-corrected chi connectivity index (χ4v) is 4.29. The molecule has 0 aliphatic heterocycles. The van der Waals surface area contributed by atoms with Gasteiger partial charge in [-0.25, -0.2) is 4.79 Å². The smallest absolute Gasteiger partial charge is 0.326 e. The maximum absolute atomic E-state index is 13.2. The summed E-state index contributed by atoms with van der Waals surface area (Å²) < 4.78 is 0. The number of phenolic OH excluding ortho intramolecular Hbond substituents is 1.